The van der Waals surface area contributed by atoms with Gasteiger partial charge in [-0.15, -0.1) is 0 Å². The number of carbonyl (C=O) groups excluding carboxylic acids is 3. The van der Waals surface area contributed by atoms with Crippen LogP contribution in [0, 0.1) is 62.3 Å². The number of benzene rings is 6. The fourth-order valence-corrected chi connectivity index (χ4v) is 15.6. The molecule has 0 bridgehead atoms. The summed E-state index contributed by atoms with van der Waals surface area (Å²) in [5, 5.41) is 0.596. The van der Waals surface area contributed by atoms with Crippen LogP contribution in [0.25, 0.3) is 0 Å². The van der Waals surface area contributed by atoms with Gasteiger partial charge in [0, 0.05) is 45.7 Å². The second-order valence-corrected chi connectivity index (χ2v) is 23.8. The molecule has 0 heterocycles. The minimum Gasteiger partial charge on any atom is -0.319 e. The van der Waals surface area contributed by atoms with E-state index in [9.17, 15) is 9.59 Å². The molecule has 0 aliphatic heterocycles. The van der Waals surface area contributed by atoms with Gasteiger partial charge < -0.3 is 9.05 Å². The molecule has 0 N–H and O–H groups in total. The Bertz CT molecular complexity index is 2680. The quantitative estimate of drug-likeness (QED) is 0.0775. The van der Waals surface area contributed by atoms with E-state index in [0.717, 1.165) is 16.7 Å². The number of hydrogen-bond donors (Lipinski definition) is 0. The van der Waals surface area contributed by atoms with Crippen LogP contribution in [-0.2, 0) is 22.7 Å². The van der Waals surface area contributed by atoms with Gasteiger partial charge in [-0.2, -0.15) is 0 Å². The molecule has 6 aromatic rings. The minimum atomic E-state index is -4.39. The van der Waals surface area contributed by atoms with Crippen LogP contribution in [0.5, 0.6) is 0 Å². The SMILES string of the molecule is Cc1cc(C)c(C(=O)P(=O)(OCCN(CCOP(=O)(C(=O)c2c(C)cc(C)cc2C)c2ccccc2)P(=O)(C(=O)c2c(C)cc(C)cc2C)c2ccccc2)c2ccccc2)c(C)c1. The highest BCUT2D eigenvalue weighted by molar-refractivity contribution is 7.85. The molecule has 0 spiro atoms. The van der Waals surface area contributed by atoms with E-state index in [1.807, 2.05) is 57.2 Å². The highest BCUT2D eigenvalue weighted by Gasteiger charge is 2.44. The molecule has 0 radical (unpaired) electrons. The van der Waals surface area contributed by atoms with E-state index in [4.69, 9.17) is 9.05 Å². The van der Waals surface area contributed by atoms with Crippen LogP contribution >= 0.6 is 22.0 Å². The predicted molar refractivity (Wildman–Crippen MR) is 259 cm³/mol. The van der Waals surface area contributed by atoms with Crippen molar-refractivity contribution in [1.29, 1.82) is 0 Å². The Morgan fingerprint density at radius 3 is 0.969 bits per heavy atom. The standard InChI is InChI=1S/C52H56NO8P3/c1-35-29-38(4)47(39(5)30-35)50(54)62(57,44-19-13-10-14-20-44)53(25-27-60-63(58,45-21-15-11-16-22-45)51(55)48-40(6)31-36(2)32-41(48)7)26-28-61-64(59,46-23-17-12-18-24-46)52(56)49-42(8)33-37(3)34-43(49)9/h10-24,29-34H,25-28H2,1-9H3. The Labute approximate surface area is 377 Å². The molecule has 9 nitrogen and oxygen atoms in total. The van der Waals surface area contributed by atoms with Crippen molar-refractivity contribution in [3.8, 4) is 0 Å². The molecular weight excluding hydrogens is 859 g/mol. The first-order chi connectivity index (χ1) is 30.3. The third-order valence-electron chi connectivity index (χ3n) is 11.4. The molecule has 0 aliphatic rings. The summed E-state index contributed by atoms with van der Waals surface area (Å²) in [7, 11) is -13.1. The lowest BCUT2D eigenvalue weighted by molar-refractivity contribution is 0.104. The topological polar surface area (TPSA) is 124 Å². The third kappa shape index (κ3) is 9.77. The van der Waals surface area contributed by atoms with Gasteiger partial charge in [-0.3, -0.25) is 28.1 Å². The summed E-state index contributed by atoms with van der Waals surface area (Å²) in [5.41, 5.74) is 5.57. The normalized spacial score (nSPS) is 14.3. The summed E-state index contributed by atoms with van der Waals surface area (Å²) in [4.78, 5) is 44.4. The summed E-state index contributed by atoms with van der Waals surface area (Å²) in [5.74, 6) is 0. The molecule has 0 aromatic heterocycles. The lowest BCUT2D eigenvalue weighted by atomic mass is 10.0. The Hall–Kier alpha value is -5.10. The molecule has 64 heavy (non-hydrogen) atoms. The van der Waals surface area contributed by atoms with Gasteiger partial charge >= 0.3 is 14.7 Å². The van der Waals surface area contributed by atoms with Crippen molar-refractivity contribution in [1.82, 2.24) is 4.67 Å². The first-order valence-electron chi connectivity index (χ1n) is 21.2. The molecule has 0 saturated heterocycles. The lowest BCUT2D eigenvalue weighted by Gasteiger charge is -2.32. The maximum Gasteiger partial charge on any atom is 0.300 e. The van der Waals surface area contributed by atoms with E-state index in [1.54, 1.807) is 133 Å². The van der Waals surface area contributed by atoms with Crippen molar-refractivity contribution in [2.45, 2.75) is 62.3 Å². The van der Waals surface area contributed by atoms with E-state index in [2.05, 4.69) is 0 Å². The van der Waals surface area contributed by atoms with Crippen LogP contribution in [0.1, 0.15) is 81.1 Å². The largest absolute Gasteiger partial charge is 0.319 e. The van der Waals surface area contributed by atoms with Gasteiger partial charge in [-0.25, -0.2) is 4.67 Å². The monoisotopic (exact) mass is 915 g/mol. The van der Waals surface area contributed by atoms with Crippen LogP contribution in [-0.4, -0.2) is 47.5 Å². The summed E-state index contributed by atoms with van der Waals surface area (Å²) in [6.45, 7) is 15.2. The Morgan fingerprint density at radius 2 is 0.672 bits per heavy atom. The van der Waals surface area contributed by atoms with E-state index in [1.165, 1.54) is 4.67 Å². The highest BCUT2D eigenvalue weighted by atomic mass is 31.2. The maximum atomic E-state index is 16.2. The molecule has 0 amide bonds. The van der Waals surface area contributed by atoms with Crippen LogP contribution in [0.3, 0.4) is 0 Å². The minimum absolute atomic E-state index is 0.187. The Balaban J connectivity index is 1.45. The van der Waals surface area contributed by atoms with Crippen molar-refractivity contribution < 1.29 is 37.1 Å². The number of rotatable bonds is 18. The average molecular weight is 916 g/mol. The molecule has 0 fully saturated rings. The van der Waals surface area contributed by atoms with Gasteiger partial charge in [0.2, 0.25) is 12.8 Å². The zero-order valence-corrected chi connectivity index (χ0v) is 40.7. The lowest BCUT2D eigenvalue weighted by Crippen LogP contribution is -2.36. The highest BCUT2D eigenvalue weighted by Crippen LogP contribution is 2.55. The van der Waals surface area contributed by atoms with Crippen LogP contribution in [0.2, 0.25) is 0 Å². The van der Waals surface area contributed by atoms with Crippen molar-refractivity contribution in [3.05, 3.63) is 194 Å². The predicted octanol–water partition coefficient (Wildman–Crippen LogP) is 11.4. The summed E-state index contributed by atoms with van der Waals surface area (Å²) < 4.78 is 60.7. The number of carbonyl (C=O) groups is 3. The zero-order valence-electron chi connectivity index (χ0n) is 38.0. The second kappa shape index (κ2) is 20.0. The van der Waals surface area contributed by atoms with Gasteiger partial charge in [-0.1, -0.05) is 108 Å². The second-order valence-electron chi connectivity index (χ2n) is 16.5. The van der Waals surface area contributed by atoms with Crippen molar-refractivity contribution in [3.63, 3.8) is 0 Å². The van der Waals surface area contributed by atoms with E-state index in [-0.39, 0.29) is 34.6 Å². The molecule has 0 saturated carbocycles. The van der Waals surface area contributed by atoms with Crippen molar-refractivity contribution in [2.75, 3.05) is 26.3 Å². The molecule has 12 heteroatoms. The van der Waals surface area contributed by atoms with Gasteiger partial charge in [-0.05, 0) is 132 Å². The molecule has 332 valence electrons. The molecular formula is C52H56NO8P3. The van der Waals surface area contributed by atoms with Gasteiger partial charge in [0.25, 0.3) is 11.0 Å². The average Bonchev–Trinajstić information content (AvgIpc) is 3.25. The van der Waals surface area contributed by atoms with Crippen LogP contribution in [0.15, 0.2) is 127 Å². The van der Waals surface area contributed by atoms with E-state index >= 15 is 18.5 Å². The Kier molecular flexibility index (Phi) is 15.1. The smallest absolute Gasteiger partial charge is 0.300 e. The molecule has 6 rings (SSSR count). The molecule has 3 unspecified atom stereocenters. The number of nitrogens with zero attached hydrogens (tertiary/aromatic N) is 1. The first kappa shape index (κ1) is 48.4. The molecule has 6 aromatic carbocycles. The van der Waals surface area contributed by atoms with Gasteiger partial charge in [0.1, 0.15) is 0 Å². The zero-order chi connectivity index (χ0) is 46.6. The first-order valence-corrected chi connectivity index (χ1v) is 26.1. The fourth-order valence-electron chi connectivity index (χ4n) is 8.73. The van der Waals surface area contributed by atoms with E-state index in [0.29, 0.717) is 44.5 Å². The number of aryl methyl sites for hydroxylation is 9. The summed E-state index contributed by atoms with van der Waals surface area (Å²) >= 11 is 0. The Morgan fingerprint density at radius 1 is 0.406 bits per heavy atom. The molecule has 0 aliphatic carbocycles. The van der Waals surface area contributed by atoms with Crippen LogP contribution in [0.4, 0.5) is 0 Å². The van der Waals surface area contributed by atoms with Crippen molar-refractivity contribution in [2.24, 2.45) is 0 Å². The van der Waals surface area contributed by atoms with E-state index < -0.39 is 51.8 Å². The number of hydrogen-bond acceptors (Lipinski definition) is 8. The van der Waals surface area contributed by atoms with Gasteiger partial charge in [0.05, 0.1) is 13.2 Å². The van der Waals surface area contributed by atoms with Crippen LogP contribution < -0.4 is 15.9 Å². The van der Waals surface area contributed by atoms with Crippen molar-refractivity contribution >= 4 is 54.5 Å². The van der Waals surface area contributed by atoms with Gasteiger partial charge in [0.15, 0.2) is 0 Å². The summed E-state index contributed by atoms with van der Waals surface area (Å²) in [6.07, 6.45) is 0. The molecule has 3 atom stereocenters. The summed E-state index contributed by atoms with van der Waals surface area (Å²) in [6, 6.07) is 36.1. The fraction of sp³-hybridized carbons (Fsp3) is 0.250. The third-order valence-corrected chi connectivity index (χ3v) is 19.0. The maximum absolute atomic E-state index is 16.2.